The average molecular weight is 178 g/mol. The second kappa shape index (κ2) is 4.80. The summed E-state index contributed by atoms with van der Waals surface area (Å²) >= 11 is 0. The fourth-order valence-corrected chi connectivity index (χ4v) is 1.06. The molecule has 2 N–H and O–H groups in total. The van der Waals surface area contributed by atoms with Gasteiger partial charge in [0, 0.05) is 0 Å². The van der Waals surface area contributed by atoms with Gasteiger partial charge < -0.3 is 10.2 Å². The third-order valence-corrected chi connectivity index (χ3v) is 1.74. The fourth-order valence-electron chi connectivity index (χ4n) is 1.06. The quantitative estimate of drug-likeness (QED) is 0.733. The first-order chi connectivity index (χ1) is 6.22. The van der Waals surface area contributed by atoms with Crippen molar-refractivity contribution in [1.29, 1.82) is 0 Å². The summed E-state index contributed by atoms with van der Waals surface area (Å²) < 4.78 is 0. The molecule has 2 heteroatoms. The summed E-state index contributed by atoms with van der Waals surface area (Å²) in [6.45, 7) is 1.78. The number of aliphatic hydroxyl groups excluding tert-OH is 2. The molecule has 0 bridgehead atoms. The van der Waals surface area contributed by atoms with Crippen molar-refractivity contribution in [1.82, 2.24) is 0 Å². The van der Waals surface area contributed by atoms with E-state index in [1.807, 2.05) is 31.2 Å². The highest BCUT2D eigenvalue weighted by molar-refractivity contribution is 5.50. The summed E-state index contributed by atoms with van der Waals surface area (Å²) in [6, 6.07) is 7.94. The van der Waals surface area contributed by atoms with Gasteiger partial charge in [-0.1, -0.05) is 42.0 Å². The minimum Gasteiger partial charge on any atom is -0.393 e. The van der Waals surface area contributed by atoms with Crippen LogP contribution >= 0.6 is 0 Å². The van der Waals surface area contributed by atoms with Crippen molar-refractivity contribution in [2.45, 2.75) is 13.0 Å². The summed E-state index contributed by atoms with van der Waals surface area (Å²) in [5.74, 6) is 0. The topological polar surface area (TPSA) is 40.5 Å². The smallest absolute Gasteiger partial charge is 0.0954 e. The van der Waals surface area contributed by atoms with Crippen LogP contribution in [-0.4, -0.2) is 22.9 Å². The Morgan fingerprint density at radius 1 is 1.46 bits per heavy atom. The first kappa shape index (κ1) is 9.96. The molecule has 0 amide bonds. The van der Waals surface area contributed by atoms with E-state index < -0.39 is 6.10 Å². The molecule has 1 atom stereocenters. The molecule has 70 valence electrons. The lowest BCUT2D eigenvalue weighted by atomic mass is 10.1. The van der Waals surface area contributed by atoms with E-state index in [0.717, 1.165) is 5.56 Å². The predicted molar refractivity (Wildman–Crippen MR) is 53.3 cm³/mol. The molecule has 0 aliphatic heterocycles. The van der Waals surface area contributed by atoms with Crippen LogP contribution in [0.1, 0.15) is 11.1 Å². The van der Waals surface area contributed by atoms with Gasteiger partial charge in [-0.3, -0.25) is 0 Å². The largest absolute Gasteiger partial charge is 0.393 e. The second-order valence-corrected chi connectivity index (χ2v) is 3.02. The number of aryl methyl sites for hydroxylation is 1. The Bertz CT molecular complexity index is 292. The molecule has 1 aromatic carbocycles. The molecule has 1 unspecified atom stereocenters. The third-order valence-electron chi connectivity index (χ3n) is 1.74. The van der Waals surface area contributed by atoms with Crippen LogP contribution in [0.2, 0.25) is 0 Å². The Morgan fingerprint density at radius 3 is 2.85 bits per heavy atom. The lowest BCUT2D eigenvalue weighted by Gasteiger charge is -1.99. The minimum absolute atomic E-state index is 0.234. The maximum Gasteiger partial charge on any atom is 0.0954 e. The number of benzene rings is 1. The van der Waals surface area contributed by atoms with Gasteiger partial charge in [0.1, 0.15) is 0 Å². The minimum atomic E-state index is -0.763. The summed E-state index contributed by atoms with van der Waals surface area (Å²) in [5, 5.41) is 17.6. The molecule has 0 aliphatic carbocycles. The standard InChI is InChI=1S/C11H14O2/c1-9-3-2-4-10(7-9)5-6-11(13)8-12/h2-7,11-13H,8H2,1H3/b6-5+. The van der Waals surface area contributed by atoms with Gasteiger partial charge in [0.15, 0.2) is 0 Å². The van der Waals surface area contributed by atoms with Crippen LogP contribution in [0.3, 0.4) is 0 Å². The van der Waals surface area contributed by atoms with Crippen LogP contribution in [-0.2, 0) is 0 Å². The molecule has 0 heterocycles. The van der Waals surface area contributed by atoms with Crippen LogP contribution < -0.4 is 0 Å². The zero-order valence-electron chi connectivity index (χ0n) is 7.64. The molecule has 0 aromatic heterocycles. The van der Waals surface area contributed by atoms with Gasteiger partial charge in [-0.2, -0.15) is 0 Å². The summed E-state index contributed by atoms with van der Waals surface area (Å²) in [4.78, 5) is 0. The van der Waals surface area contributed by atoms with Gasteiger partial charge in [0.2, 0.25) is 0 Å². The summed E-state index contributed by atoms with van der Waals surface area (Å²) in [5.41, 5.74) is 2.22. The average Bonchev–Trinajstić information content (AvgIpc) is 2.14. The van der Waals surface area contributed by atoms with Gasteiger partial charge in [-0.05, 0) is 12.5 Å². The highest BCUT2D eigenvalue weighted by Gasteiger charge is 1.93. The molecular formula is C11H14O2. The van der Waals surface area contributed by atoms with E-state index in [1.54, 1.807) is 12.2 Å². The molecule has 0 fully saturated rings. The highest BCUT2D eigenvalue weighted by Crippen LogP contribution is 2.06. The predicted octanol–water partition coefficient (Wildman–Crippen LogP) is 1.36. The number of rotatable bonds is 3. The molecule has 2 nitrogen and oxygen atoms in total. The van der Waals surface area contributed by atoms with Crippen molar-refractivity contribution in [3.05, 3.63) is 41.5 Å². The van der Waals surface area contributed by atoms with Gasteiger partial charge >= 0.3 is 0 Å². The molecule has 13 heavy (non-hydrogen) atoms. The van der Waals surface area contributed by atoms with Crippen molar-refractivity contribution in [3.63, 3.8) is 0 Å². The number of hydrogen-bond acceptors (Lipinski definition) is 2. The van der Waals surface area contributed by atoms with Gasteiger partial charge in [0.05, 0.1) is 12.7 Å². The first-order valence-corrected chi connectivity index (χ1v) is 4.26. The van der Waals surface area contributed by atoms with Gasteiger partial charge in [-0.25, -0.2) is 0 Å². The van der Waals surface area contributed by atoms with Crippen LogP contribution in [0.25, 0.3) is 6.08 Å². The Labute approximate surface area is 78.2 Å². The molecule has 0 spiro atoms. The van der Waals surface area contributed by atoms with Crippen molar-refractivity contribution in [2.75, 3.05) is 6.61 Å². The number of hydrogen-bond donors (Lipinski definition) is 2. The van der Waals surface area contributed by atoms with E-state index in [0.29, 0.717) is 0 Å². The lowest BCUT2D eigenvalue weighted by molar-refractivity contribution is 0.131. The number of aliphatic hydroxyl groups is 2. The third kappa shape index (κ3) is 3.40. The Balaban J connectivity index is 2.68. The fraction of sp³-hybridized carbons (Fsp3) is 0.273. The normalized spacial score (nSPS) is 13.5. The maximum atomic E-state index is 9.05. The van der Waals surface area contributed by atoms with E-state index in [9.17, 15) is 0 Å². The van der Waals surface area contributed by atoms with Crippen LogP contribution in [0.5, 0.6) is 0 Å². The zero-order valence-corrected chi connectivity index (χ0v) is 7.64. The SMILES string of the molecule is Cc1cccc(/C=C/C(O)CO)c1. The maximum absolute atomic E-state index is 9.05. The van der Waals surface area contributed by atoms with Crippen molar-refractivity contribution >= 4 is 6.08 Å². The second-order valence-electron chi connectivity index (χ2n) is 3.02. The molecule has 0 aliphatic rings. The van der Waals surface area contributed by atoms with Gasteiger partial charge in [0.25, 0.3) is 0 Å². The summed E-state index contributed by atoms with van der Waals surface area (Å²) in [6.07, 6.45) is 2.61. The van der Waals surface area contributed by atoms with Crippen molar-refractivity contribution < 1.29 is 10.2 Å². The molecular weight excluding hydrogens is 164 g/mol. The molecule has 0 saturated heterocycles. The lowest BCUT2D eigenvalue weighted by Crippen LogP contribution is -2.06. The van der Waals surface area contributed by atoms with Crippen LogP contribution in [0.15, 0.2) is 30.3 Å². The zero-order chi connectivity index (χ0) is 9.68. The molecule has 1 aromatic rings. The Kier molecular flexibility index (Phi) is 3.68. The first-order valence-electron chi connectivity index (χ1n) is 4.26. The van der Waals surface area contributed by atoms with Crippen LogP contribution in [0, 0.1) is 6.92 Å². The van der Waals surface area contributed by atoms with Crippen molar-refractivity contribution in [3.8, 4) is 0 Å². The summed E-state index contributed by atoms with van der Waals surface area (Å²) in [7, 11) is 0. The Hall–Kier alpha value is -1.12. The van der Waals surface area contributed by atoms with E-state index in [2.05, 4.69) is 0 Å². The van der Waals surface area contributed by atoms with E-state index in [-0.39, 0.29) is 6.61 Å². The van der Waals surface area contributed by atoms with Gasteiger partial charge in [-0.15, -0.1) is 0 Å². The van der Waals surface area contributed by atoms with Crippen LogP contribution in [0.4, 0.5) is 0 Å². The van der Waals surface area contributed by atoms with E-state index in [4.69, 9.17) is 10.2 Å². The monoisotopic (exact) mass is 178 g/mol. The Morgan fingerprint density at radius 2 is 2.23 bits per heavy atom. The molecule has 0 radical (unpaired) electrons. The van der Waals surface area contributed by atoms with E-state index in [1.165, 1.54) is 5.56 Å². The van der Waals surface area contributed by atoms with Crippen molar-refractivity contribution in [2.24, 2.45) is 0 Å². The highest BCUT2D eigenvalue weighted by atomic mass is 16.3. The molecule has 1 rings (SSSR count). The van der Waals surface area contributed by atoms with E-state index >= 15 is 0 Å². The molecule has 0 saturated carbocycles.